The van der Waals surface area contributed by atoms with Crippen LogP contribution in [0.25, 0.3) is 0 Å². The normalized spacial score (nSPS) is 18.2. The summed E-state index contributed by atoms with van der Waals surface area (Å²) in [5.74, 6) is -1.51. The molecule has 6 nitrogen and oxygen atoms in total. The molecule has 112 valence electrons. The number of nitrogens with one attached hydrogen (secondary N) is 1. The number of carboxylic acids is 1. The third kappa shape index (κ3) is 3.59. The zero-order chi connectivity index (χ0) is 15.4. The van der Waals surface area contributed by atoms with E-state index in [0.29, 0.717) is 29.9 Å². The fraction of sp³-hybridized carbons (Fsp3) is 0.400. The van der Waals surface area contributed by atoms with E-state index in [1.54, 1.807) is 18.2 Å². The van der Waals surface area contributed by atoms with Crippen LogP contribution in [0.2, 0.25) is 0 Å². The van der Waals surface area contributed by atoms with Crippen LogP contribution in [-0.2, 0) is 20.8 Å². The van der Waals surface area contributed by atoms with Crippen molar-refractivity contribution in [1.82, 2.24) is 5.32 Å². The Balaban J connectivity index is 2.35. The molecule has 1 aliphatic heterocycles. The van der Waals surface area contributed by atoms with E-state index in [1.807, 2.05) is 6.92 Å². The van der Waals surface area contributed by atoms with Gasteiger partial charge in [0.05, 0.1) is 18.9 Å². The fourth-order valence-corrected chi connectivity index (χ4v) is 2.43. The van der Waals surface area contributed by atoms with Crippen molar-refractivity contribution >= 4 is 17.8 Å². The number of hydrogen-bond donors (Lipinski definition) is 2. The Morgan fingerprint density at radius 3 is 2.81 bits per heavy atom. The lowest BCUT2D eigenvalue weighted by Gasteiger charge is -2.23. The Bertz CT molecular complexity index is 581. The molecule has 1 saturated heterocycles. The van der Waals surface area contributed by atoms with Crippen molar-refractivity contribution in [3.8, 4) is 5.75 Å². The van der Waals surface area contributed by atoms with Crippen LogP contribution < -0.4 is 10.1 Å². The summed E-state index contributed by atoms with van der Waals surface area (Å²) >= 11 is 0. The molecule has 0 bridgehead atoms. The topological polar surface area (TPSA) is 92.7 Å². The summed E-state index contributed by atoms with van der Waals surface area (Å²) in [6, 6.07) is 5.04. The summed E-state index contributed by atoms with van der Waals surface area (Å²) in [6.45, 7) is 2.28. The minimum absolute atomic E-state index is 0.118. The minimum Gasteiger partial charge on any atom is -0.494 e. The van der Waals surface area contributed by atoms with E-state index in [0.717, 1.165) is 0 Å². The predicted octanol–water partition coefficient (Wildman–Crippen LogP) is 1.23. The quantitative estimate of drug-likeness (QED) is 0.796. The Labute approximate surface area is 122 Å². The average molecular weight is 291 g/mol. The van der Waals surface area contributed by atoms with Crippen molar-refractivity contribution < 1.29 is 24.2 Å². The number of piperidine rings is 1. The third-order valence-electron chi connectivity index (χ3n) is 3.34. The highest BCUT2D eigenvalue weighted by atomic mass is 16.5. The number of aliphatic carboxylic acids is 1. The molecule has 6 heteroatoms. The van der Waals surface area contributed by atoms with Gasteiger partial charge in [-0.2, -0.15) is 0 Å². The van der Waals surface area contributed by atoms with Gasteiger partial charge in [0.15, 0.2) is 0 Å². The molecule has 1 atom stereocenters. The minimum atomic E-state index is -0.937. The van der Waals surface area contributed by atoms with Crippen LogP contribution in [0.1, 0.15) is 36.8 Å². The average Bonchev–Trinajstić information content (AvgIpc) is 2.40. The zero-order valence-electron chi connectivity index (χ0n) is 11.7. The van der Waals surface area contributed by atoms with Crippen LogP contribution in [0, 0.1) is 0 Å². The highest BCUT2D eigenvalue weighted by Gasteiger charge is 2.30. The molecule has 1 aliphatic rings. The molecule has 1 unspecified atom stereocenters. The van der Waals surface area contributed by atoms with Crippen molar-refractivity contribution in [2.75, 3.05) is 6.61 Å². The van der Waals surface area contributed by atoms with Crippen molar-refractivity contribution in [2.24, 2.45) is 0 Å². The van der Waals surface area contributed by atoms with Gasteiger partial charge in [-0.3, -0.25) is 19.7 Å². The Morgan fingerprint density at radius 2 is 2.19 bits per heavy atom. The maximum atomic E-state index is 12.0. The molecule has 21 heavy (non-hydrogen) atoms. The van der Waals surface area contributed by atoms with E-state index in [4.69, 9.17) is 9.84 Å². The summed E-state index contributed by atoms with van der Waals surface area (Å²) in [4.78, 5) is 34.0. The summed E-state index contributed by atoms with van der Waals surface area (Å²) < 4.78 is 5.51. The standard InChI is InChI=1S/C15H17NO5/c1-2-21-12-5-3-9(8-14(18)19)7-11(12)10-4-6-13(17)16-15(10)20/h3,5,7,10H,2,4,6,8H2,1H3,(H,18,19)(H,16,17,20). The molecule has 1 heterocycles. The molecule has 2 amide bonds. The molecule has 0 aromatic heterocycles. The Hall–Kier alpha value is -2.37. The summed E-state index contributed by atoms with van der Waals surface area (Å²) in [6.07, 6.45) is 0.555. The van der Waals surface area contributed by atoms with Crippen LogP contribution in [0.3, 0.4) is 0 Å². The molecule has 1 fully saturated rings. The largest absolute Gasteiger partial charge is 0.494 e. The van der Waals surface area contributed by atoms with Crippen molar-refractivity contribution in [1.29, 1.82) is 0 Å². The number of carboxylic acid groups (broad SMARTS) is 1. The Morgan fingerprint density at radius 1 is 1.43 bits per heavy atom. The maximum absolute atomic E-state index is 12.0. The molecular formula is C15H17NO5. The van der Waals surface area contributed by atoms with Gasteiger partial charge in [0.25, 0.3) is 0 Å². The van der Waals surface area contributed by atoms with Gasteiger partial charge in [-0.1, -0.05) is 12.1 Å². The van der Waals surface area contributed by atoms with Gasteiger partial charge in [0, 0.05) is 12.0 Å². The molecule has 0 aliphatic carbocycles. The second-order valence-corrected chi connectivity index (χ2v) is 4.88. The van der Waals surface area contributed by atoms with Gasteiger partial charge >= 0.3 is 5.97 Å². The van der Waals surface area contributed by atoms with Crippen LogP contribution in [0.15, 0.2) is 18.2 Å². The zero-order valence-corrected chi connectivity index (χ0v) is 11.7. The second kappa shape index (κ2) is 6.39. The van der Waals surface area contributed by atoms with Crippen molar-refractivity contribution in [2.45, 2.75) is 32.1 Å². The number of hydrogen-bond acceptors (Lipinski definition) is 4. The molecule has 0 radical (unpaired) electrons. The first-order chi connectivity index (χ1) is 10.0. The fourth-order valence-electron chi connectivity index (χ4n) is 2.43. The number of amides is 2. The van der Waals surface area contributed by atoms with Crippen LogP contribution in [-0.4, -0.2) is 29.5 Å². The number of ether oxygens (including phenoxy) is 1. The van der Waals surface area contributed by atoms with Crippen LogP contribution in [0.4, 0.5) is 0 Å². The number of rotatable bonds is 5. The summed E-state index contributed by atoms with van der Waals surface area (Å²) in [5, 5.41) is 11.2. The van der Waals surface area contributed by atoms with Gasteiger partial charge in [0.2, 0.25) is 11.8 Å². The molecular weight excluding hydrogens is 274 g/mol. The number of carbonyl (C=O) groups is 3. The van der Waals surface area contributed by atoms with E-state index >= 15 is 0 Å². The Kier molecular flexibility index (Phi) is 4.57. The van der Waals surface area contributed by atoms with Gasteiger partial charge in [-0.15, -0.1) is 0 Å². The molecule has 1 aromatic rings. The lowest BCUT2D eigenvalue weighted by molar-refractivity contribution is -0.136. The van der Waals surface area contributed by atoms with E-state index in [2.05, 4.69) is 5.32 Å². The molecule has 1 aromatic carbocycles. The van der Waals surface area contributed by atoms with Gasteiger partial charge < -0.3 is 9.84 Å². The van der Waals surface area contributed by atoms with Gasteiger partial charge in [0.1, 0.15) is 5.75 Å². The van der Waals surface area contributed by atoms with Gasteiger partial charge in [-0.05, 0) is 25.0 Å². The van der Waals surface area contributed by atoms with E-state index < -0.39 is 11.9 Å². The SMILES string of the molecule is CCOc1ccc(CC(=O)O)cc1C1CCC(=O)NC1=O. The first-order valence-corrected chi connectivity index (χ1v) is 6.82. The maximum Gasteiger partial charge on any atom is 0.307 e. The lowest BCUT2D eigenvalue weighted by Crippen LogP contribution is -2.39. The van der Waals surface area contributed by atoms with Gasteiger partial charge in [-0.25, -0.2) is 0 Å². The predicted molar refractivity (Wildman–Crippen MR) is 74.1 cm³/mol. The highest BCUT2D eigenvalue weighted by Crippen LogP contribution is 2.33. The molecule has 0 spiro atoms. The third-order valence-corrected chi connectivity index (χ3v) is 3.34. The molecule has 2 rings (SSSR count). The number of carbonyl (C=O) groups excluding carboxylic acids is 2. The first kappa shape index (κ1) is 15.0. The number of imide groups is 1. The molecule has 0 saturated carbocycles. The highest BCUT2D eigenvalue weighted by molar-refractivity contribution is 6.01. The number of benzene rings is 1. The van der Waals surface area contributed by atoms with Crippen molar-refractivity contribution in [3.63, 3.8) is 0 Å². The van der Waals surface area contributed by atoms with Crippen molar-refractivity contribution in [3.05, 3.63) is 29.3 Å². The van der Waals surface area contributed by atoms with E-state index in [9.17, 15) is 14.4 Å². The smallest absolute Gasteiger partial charge is 0.307 e. The van der Waals surface area contributed by atoms with Crippen LogP contribution in [0.5, 0.6) is 5.75 Å². The monoisotopic (exact) mass is 291 g/mol. The first-order valence-electron chi connectivity index (χ1n) is 6.82. The molecule has 2 N–H and O–H groups in total. The van der Waals surface area contributed by atoms with E-state index in [1.165, 1.54) is 0 Å². The lowest BCUT2D eigenvalue weighted by atomic mass is 9.88. The second-order valence-electron chi connectivity index (χ2n) is 4.88. The summed E-state index contributed by atoms with van der Waals surface area (Å²) in [5.41, 5.74) is 1.24. The van der Waals surface area contributed by atoms with Crippen LogP contribution >= 0.6 is 0 Å². The summed E-state index contributed by atoms with van der Waals surface area (Å²) in [7, 11) is 0. The van der Waals surface area contributed by atoms with E-state index in [-0.39, 0.29) is 24.7 Å².